The van der Waals surface area contributed by atoms with Crippen LogP contribution in [0.25, 0.3) is 0 Å². The quantitative estimate of drug-likeness (QED) is 0.0702. The third-order valence-corrected chi connectivity index (χ3v) is 9.23. The summed E-state index contributed by atoms with van der Waals surface area (Å²) in [6, 6.07) is -0.463. The molecule has 0 unspecified atom stereocenters. The van der Waals surface area contributed by atoms with Gasteiger partial charge in [-0.15, -0.1) is 0 Å². The molecule has 1 amide bonds. The molecule has 0 aromatic heterocycles. The first-order chi connectivity index (χ1) is 20.1. The summed E-state index contributed by atoms with van der Waals surface area (Å²) < 4.78 is 0. The van der Waals surface area contributed by atoms with E-state index in [2.05, 4.69) is 33.0 Å². The molecule has 0 saturated heterocycles. The lowest BCUT2D eigenvalue weighted by molar-refractivity contribution is -0.124. The fourth-order valence-electron chi connectivity index (χ4n) is 5.55. The molecule has 0 aromatic carbocycles. The van der Waals surface area contributed by atoms with Gasteiger partial charge in [0.2, 0.25) is 5.91 Å². The van der Waals surface area contributed by atoms with Gasteiger partial charge in [-0.1, -0.05) is 168 Å². The summed E-state index contributed by atoms with van der Waals surface area (Å²) in [7, 11) is 0. The van der Waals surface area contributed by atoms with Crippen LogP contribution in [0.5, 0.6) is 0 Å². The predicted molar refractivity (Wildman–Crippen MR) is 183 cm³/mol. The van der Waals surface area contributed by atoms with Gasteiger partial charge < -0.3 is 15.5 Å². The van der Waals surface area contributed by atoms with Gasteiger partial charge in [-0.05, 0) is 24.7 Å². The van der Waals surface area contributed by atoms with E-state index in [1.807, 2.05) is 0 Å². The average molecular weight is 614 g/mol. The van der Waals surface area contributed by atoms with E-state index < -0.39 is 18.2 Å². The lowest BCUT2D eigenvalue weighted by atomic mass is 10.0. The van der Waals surface area contributed by atoms with E-state index in [4.69, 9.17) is 0 Å². The third kappa shape index (κ3) is 29.5. The molecule has 6 heteroatoms. The van der Waals surface area contributed by atoms with Gasteiger partial charge in [-0.2, -0.15) is 0 Å². The van der Waals surface area contributed by atoms with E-state index in [0.29, 0.717) is 18.6 Å². The summed E-state index contributed by atoms with van der Waals surface area (Å²) in [5.41, 5.74) is 0. The van der Waals surface area contributed by atoms with Crippen LogP contribution in [0.1, 0.15) is 182 Å². The molecule has 0 bridgehead atoms. The van der Waals surface area contributed by atoms with Crippen LogP contribution in [0.3, 0.4) is 0 Å². The summed E-state index contributed by atoms with van der Waals surface area (Å²) >= 11 is 1.14. The molecule has 250 valence electrons. The molecule has 42 heavy (non-hydrogen) atoms. The van der Waals surface area contributed by atoms with Gasteiger partial charge in [0.1, 0.15) is 0 Å². The van der Waals surface area contributed by atoms with Crippen LogP contribution >= 0.6 is 11.8 Å². The fourth-order valence-corrected chi connectivity index (χ4v) is 6.27. The van der Waals surface area contributed by atoms with E-state index in [1.165, 1.54) is 110 Å². The molecule has 5 nitrogen and oxygen atoms in total. The van der Waals surface area contributed by atoms with Crippen LogP contribution in [0.2, 0.25) is 0 Å². The zero-order chi connectivity index (χ0) is 31.4. The van der Waals surface area contributed by atoms with Crippen LogP contribution in [-0.4, -0.2) is 45.2 Å². The maximum absolute atomic E-state index is 12.6. The first-order valence-corrected chi connectivity index (χ1v) is 18.9. The van der Waals surface area contributed by atoms with Crippen molar-refractivity contribution in [2.45, 2.75) is 201 Å². The Balaban J connectivity index is 4.03. The van der Waals surface area contributed by atoms with Gasteiger partial charge in [0.15, 0.2) is 5.12 Å². The van der Waals surface area contributed by atoms with Crippen molar-refractivity contribution in [2.24, 2.45) is 11.8 Å². The Labute approximate surface area is 265 Å². The highest BCUT2D eigenvalue weighted by molar-refractivity contribution is 8.13. The lowest BCUT2D eigenvalue weighted by Gasteiger charge is -2.24. The number of hydrogen-bond donors (Lipinski definition) is 3. The molecule has 0 saturated carbocycles. The highest BCUT2D eigenvalue weighted by atomic mass is 32.2. The average Bonchev–Trinajstić information content (AvgIpc) is 2.91. The molecular weight excluding hydrogens is 542 g/mol. The van der Waals surface area contributed by atoms with Crippen molar-refractivity contribution in [1.29, 1.82) is 0 Å². The summed E-state index contributed by atoms with van der Waals surface area (Å²) in [4.78, 5) is 24.2. The van der Waals surface area contributed by atoms with E-state index in [1.54, 1.807) is 0 Å². The summed E-state index contributed by atoms with van der Waals surface area (Å²) in [6.45, 7) is 10.7. The Hall–Kier alpha value is -0.590. The normalized spacial score (nSPS) is 13.9. The maximum atomic E-state index is 12.6. The minimum absolute atomic E-state index is 0.0168. The van der Waals surface area contributed by atoms with Crippen LogP contribution in [0.4, 0.5) is 0 Å². The van der Waals surface area contributed by atoms with Crippen LogP contribution in [0, 0.1) is 11.8 Å². The smallest absolute Gasteiger partial charge is 0.222 e. The molecule has 0 heterocycles. The summed E-state index contributed by atoms with van der Waals surface area (Å²) in [6.07, 6.45) is 25.0. The molecule has 3 N–H and O–H groups in total. The van der Waals surface area contributed by atoms with Crippen molar-refractivity contribution in [3.63, 3.8) is 0 Å². The van der Waals surface area contributed by atoms with Crippen molar-refractivity contribution in [3.8, 4) is 0 Å². The van der Waals surface area contributed by atoms with Crippen LogP contribution in [0.15, 0.2) is 0 Å². The lowest BCUT2D eigenvalue weighted by Crippen LogP contribution is -2.46. The van der Waals surface area contributed by atoms with E-state index in [9.17, 15) is 19.8 Å². The molecule has 0 fully saturated rings. The van der Waals surface area contributed by atoms with Gasteiger partial charge in [-0.3, -0.25) is 9.59 Å². The Morgan fingerprint density at radius 2 is 0.929 bits per heavy atom. The fraction of sp³-hybridized carbons (Fsp3) is 0.944. The topological polar surface area (TPSA) is 86.6 Å². The molecule has 0 aliphatic rings. The number of carbonyl (C=O) groups excluding carboxylic acids is 2. The molecule has 0 rings (SSSR count). The Morgan fingerprint density at radius 3 is 1.31 bits per heavy atom. The Bertz CT molecular complexity index is 628. The summed E-state index contributed by atoms with van der Waals surface area (Å²) in [5.74, 6) is 1.77. The van der Waals surface area contributed by atoms with Gasteiger partial charge >= 0.3 is 0 Å². The second-order valence-electron chi connectivity index (χ2n) is 13.7. The first-order valence-electron chi connectivity index (χ1n) is 17.9. The van der Waals surface area contributed by atoms with Crippen molar-refractivity contribution in [3.05, 3.63) is 0 Å². The number of nitrogens with one attached hydrogen (secondary N) is 1. The van der Waals surface area contributed by atoms with E-state index in [-0.39, 0.29) is 17.4 Å². The minimum Gasteiger partial charge on any atom is -0.393 e. The minimum atomic E-state index is -0.672. The number of aliphatic hydroxyl groups excluding tert-OH is 2. The second kappa shape index (κ2) is 29.1. The first kappa shape index (κ1) is 41.4. The molecule has 3 atom stereocenters. The number of unbranched alkanes of at least 4 members (excludes halogenated alkanes) is 16. The standard InChI is InChI=1S/C36H71NO4S/c1-30(2)24-20-16-12-8-6-10-14-18-22-26-33(39)28-36(41)37-34(29-42-32(5)38)35(40)27-23-19-15-11-7-9-13-17-21-25-31(3)4/h30-31,33-35,39-40H,6-29H2,1-5H3,(H,37,41)/t33-,34+,35-/m1/s1. The SMILES string of the molecule is CC(=O)SC[C@H](NC(=O)C[C@H](O)CCCCCCCCCCCC(C)C)[C@H](O)CCCCCCCCCCCC(C)C. The number of amides is 1. The van der Waals surface area contributed by atoms with Crippen molar-refractivity contribution in [2.75, 3.05) is 5.75 Å². The van der Waals surface area contributed by atoms with E-state index >= 15 is 0 Å². The van der Waals surface area contributed by atoms with Crippen molar-refractivity contribution in [1.82, 2.24) is 5.32 Å². The number of carbonyl (C=O) groups is 2. The largest absolute Gasteiger partial charge is 0.393 e. The summed E-state index contributed by atoms with van der Waals surface area (Å²) in [5, 5.41) is 24.1. The highest BCUT2D eigenvalue weighted by Crippen LogP contribution is 2.17. The molecule has 0 aliphatic heterocycles. The number of rotatable bonds is 30. The Morgan fingerprint density at radius 1 is 0.571 bits per heavy atom. The van der Waals surface area contributed by atoms with Crippen LogP contribution < -0.4 is 5.32 Å². The molecule has 0 aromatic rings. The van der Waals surface area contributed by atoms with Gasteiger partial charge in [0.25, 0.3) is 0 Å². The third-order valence-electron chi connectivity index (χ3n) is 8.30. The molecule has 0 spiro atoms. The van der Waals surface area contributed by atoms with Gasteiger partial charge in [0.05, 0.1) is 24.7 Å². The monoisotopic (exact) mass is 614 g/mol. The molecule has 0 radical (unpaired) electrons. The molecular formula is C36H71NO4S. The number of hydrogen-bond acceptors (Lipinski definition) is 5. The number of thioether (sulfide) groups is 1. The number of aliphatic hydroxyl groups is 2. The van der Waals surface area contributed by atoms with Crippen LogP contribution in [-0.2, 0) is 9.59 Å². The highest BCUT2D eigenvalue weighted by Gasteiger charge is 2.23. The van der Waals surface area contributed by atoms with Gasteiger partial charge in [-0.25, -0.2) is 0 Å². The molecule has 0 aliphatic carbocycles. The zero-order valence-corrected chi connectivity index (χ0v) is 29.3. The van der Waals surface area contributed by atoms with Crippen molar-refractivity contribution >= 4 is 22.8 Å². The Kier molecular flexibility index (Phi) is 28.7. The maximum Gasteiger partial charge on any atom is 0.222 e. The zero-order valence-electron chi connectivity index (χ0n) is 28.5. The van der Waals surface area contributed by atoms with Gasteiger partial charge in [0, 0.05) is 12.7 Å². The van der Waals surface area contributed by atoms with E-state index in [0.717, 1.165) is 49.3 Å². The second-order valence-corrected chi connectivity index (χ2v) is 14.9. The predicted octanol–water partition coefficient (Wildman–Crippen LogP) is 9.76. The van der Waals surface area contributed by atoms with Crippen molar-refractivity contribution < 1.29 is 19.8 Å².